The Morgan fingerprint density at radius 1 is 0.864 bits per heavy atom. The van der Waals surface area contributed by atoms with E-state index in [0.29, 0.717) is 6.04 Å². The molecule has 3 heteroatoms. The highest BCUT2D eigenvalue weighted by Gasteiger charge is 2.11. The van der Waals surface area contributed by atoms with Crippen LogP contribution >= 0.6 is 0 Å². The molecule has 3 aromatic rings. The molecule has 0 aliphatic heterocycles. The number of nitrogens with zero attached hydrogens (tertiary/aromatic N) is 2. The van der Waals surface area contributed by atoms with Gasteiger partial charge in [0.1, 0.15) is 5.82 Å². The molecule has 0 saturated carbocycles. The third-order valence-corrected chi connectivity index (χ3v) is 3.96. The molecule has 1 aromatic heterocycles. The molecule has 0 bridgehead atoms. The van der Waals surface area contributed by atoms with E-state index in [1.54, 1.807) is 0 Å². The van der Waals surface area contributed by atoms with Gasteiger partial charge in [0.25, 0.3) is 0 Å². The SMILES string of the molecule is CCC(CC)Nc1nc(-c2ccccc2)nc2ccccc12. The van der Waals surface area contributed by atoms with Crippen molar-refractivity contribution >= 4 is 16.7 Å². The Kier molecular flexibility index (Phi) is 4.33. The lowest BCUT2D eigenvalue weighted by atomic mass is 10.1. The molecule has 0 radical (unpaired) electrons. The molecule has 1 heterocycles. The Bertz CT molecular complexity index is 749. The molecular formula is C19H21N3. The van der Waals surface area contributed by atoms with Crippen molar-refractivity contribution in [1.29, 1.82) is 0 Å². The van der Waals surface area contributed by atoms with Gasteiger partial charge in [-0.15, -0.1) is 0 Å². The number of fused-ring (bicyclic) bond motifs is 1. The molecule has 0 saturated heterocycles. The summed E-state index contributed by atoms with van der Waals surface area (Å²) in [5.41, 5.74) is 2.02. The molecule has 0 fully saturated rings. The fourth-order valence-corrected chi connectivity index (χ4v) is 2.59. The Morgan fingerprint density at radius 2 is 1.55 bits per heavy atom. The number of anilines is 1. The van der Waals surface area contributed by atoms with Crippen LogP contribution in [-0.4, -0.2) is 16.0 Å². The maximum Gasteiger partial charge on any atom is 0.162 e. The highest BCUT2D eigenvalue weighted by Crippen LogP contribution is 2.25. The molecule has 0 aliphatic carbocycles. The van der Waals surface area contributed by atoms with Crippen LogP contribution in [0.3, 0.4) is 0 Å². The molecule has 2 aromatic carbocycles. The summed E-state index contributed by atoms with van der Waals surface area (Å²) in [4.78, 5) is 9.50. The predicted octanol–water partition coefficient (Wildman–Crippen LogP) is 4.90. The average Bonchev–Trinajstić information content (AvgIpc) is 2.60. The van der Waals surface area contributed by atoms with E-state index in [1.165, 1.54) is 0 Å². The van der Waals surface area contributed by atoms with Crippen molar-refractivity contribution in [3.05, 3.63) is 54.6 Å². The van der Waals surface area contributed by atoms with E-state index >= 15 is 0 Å². The Morgan fingerprint density at radius 3 is 2.27 bits per heavy atom. The summed E-state index contributed by atoms with van der Waals surface area (Å²) in [6.45, 7) is 4.39. The van der Waals surface area contributed by atoms with Crippen LogP contribution in [-0.2, 0) is 0 Å². The van der Waals surface area contributed by atoms with E-state index in [-0.39, 0.29) is 0 Å². The van der Waals surface area contributed by atoms with Crippen LogP contribution in [0.4, 0.5) is 5.82 Å². The second-order valence-electron chi connectivity index (χ2n) is 5.44. The maximum absolute atomic E-state index is 4.78. The standard InChI is InChI=1S/C19H21N3/c1-3-15(4-2)20-19-16-12-8-9-13-17(16)21-18(22-19)14-10-6-5-7-11-14/h5-13,15H,3-4H2,1-2H3,(H,20,21,22). The molecule has 112 valence electrons. The van der Waals surface area contributed by atoms with Gasteiger partial charge in [0, 0.05) is 17.0 Å². The molecule has 3 rings (SSSR count). The smallest absolute Gasteiger partial charge is 0.162 e. The molecule has 1 N–H and O–H groups in total. The summed E-state index contributed by atoms with van der Waals surface area (Å²) in [6, 6.07) is 18.7. The highest BCUT2D eigenvalue weighted by atomic mass is 15.1. The van der Waals surface area contributed by atoms with Crippen molar-refractivity contribution in [2.75, 3.05) is 5.32 Å². The first-order valence-corrected chi connectivity index (χ1v) is 7.90. The number of benzene rings is 2. The third-order valence-electron chi connectivity index (χ3n) is 3.96. The zero-order chi connectivity index (χ0) is 15.4. The maximum atomic E-state index is 4.78. The van der Waals surface area contributed by atoms with Crippen LogP contribution < -0.4 is 5.32 Å². The summed E-state index contributed by atoms with van der Waals surface area (Å²) < 4.78 is 0. The summed E-state index contributed by atoms with van der Waals surface area (Å²) in [5.74, 6) is 1.70. The topological polar surface area (TPSA) is 37.8 Å². The molecule has 3 nitrogen and oxygen atoms in total. The molecule has 0 unspecified atom stereocenters. The minimum absolute atomic E-state index is 0.432. The summed E-state index contributed by atoms with van der Waals surface area (Å²) in [7, 11) is 0. The second kappa shape index (κ2) is 6.56. The van der Waals surface area contributed by atoms with Crippen LogP contribution in [0.5, 0.6) is 0 Å². The normalized spacial score (nSPS) is 11.0. The number of rotatable bonds is 5. The van der Waals surface area contributed by atoms with Crippen LogP contribution in [0.25, 0.3) is 22.3 Å². The monoisotopic (exact) mass is 291 g/mol. The third kappa shape index (κ3) is 2.93. The molecular weight excluding hydrogens is 270 g/mol. The molecule has 22 heavy (non-hydrogen) atoms. The summed E-state index contributed by atoms with van der Waals surface area (Å²) >= 11 is 0. The zero-order valence-electron chi connectivity index (χ0n) is 13.1. The number of nitrogens with one attached hydrogen (secondary N) is 1. The first kappa shape index (κ1) is 14.5. The first-order valence-electron chi connectivity index (χ1n) is 7.90. The van der Waals surface area contributed by atoms with E-state index in [2.05, 4.69) is 25.2 Å². The zero-order valence-corrected chi connectivity index (χ0v) is 13.1. The number of hydrogen-bond donors (Lipinski definition) is 1. The Balaban J connectivity index is 2.12. The lowest BCUT2D eigenvalue weighted by Gasteiger charge is -2.17. The minimum atomic E-state index is 0.432. The minimum Gasteiger partial charge on any atom is -0.367 e. The fraction of sp³-hybridized carbons (Fsp3) is 0.263. The van der Waals surface area contributed by atoms with Gasteiger partial charge >= 0.3 is 0 Å². The molecule has 0 spiro atoms. The van der Waals surface area contributed by atoms with Crippen molar-refractivity contribution < 1.29 is 0 Å². The Hall–Kier alpha value is -2.42. The highest BCUT2D eigenvalue weighted by molar-refractivity contribution is 5.90. The predicted molar refractivity (Wildman–Crippen MR) is 93.0 cm³/mol. The summed E-state index contributed by atoms with van der Waals surface area (Å²) in [6.07, 6.45) is 2.16. The molecule has 0 atom stereocenters. The molecule has 0 amide bonds. The lowest BCUT2D eigenvalue weighted by molar-refractivity contribution is 0.669. The quantitative estimate of drug-likeness (QED) is 0.726. The van der Waals surface area contributed by atoms with Crippen molar-refractivity contribution in [3.63, 3.8) is 0 Å². The van der Waals surface area contributed by atoms with Gasteiger partial charge in [0.2, 0.25) is 0 Å². The fourth-order valence-electron chi connectivity index (χ4n) is 2.59. The van der Waals surface area contributed by atoms with Crippen molar-refractivity contribution in [2.45, 2.75) is 32.7 Å². The number of aromatic nitrogens is 2. The van der Waals surface area contributed by atoms with Gasteiger partial charge in [-0.3, -0.25) is 0 Å². The number of hydrogen-bond acceptors (Lipinski definition) is 3. The van der Waals surface area contributed by atoms with Gasteiger partial charge < -0.3 is 5.32 Å². The van der Waals surface area contributed by atoms with Gasteiger partial charge in [-0.2, -0.15) is 0 Å². The van der Waals surface area contributed by atoms with Crippen molar-refractivity contribution in [3.8, 4) is 11.4 Å². The van der Waals surface area contributed by atoms with Gasteiger partial charge in [-0.25, -0.2) is 9.97 Å². The first-order chi connectivity index (χ1) is 10.8. The largest absolute Gasteiger partial charge is 0.367 e. The van der Waals surface area contributed by atoms with E-state index in [0.717, 1.165) is 41.0 Å². The van der Waals surface area contributed by atoms with Gasteiger partial charge in [-0.05, 0) is 25.0 Å². The lowest BCUT2D eigenvalue weighted by Crippen LogP contribution is -2.18. The van der Waals surface area contributed by atoms with Gasteiger partial charge in [0.15, 0.2) is 5.82 Å². The Labute approximate surface area is 131 Å². The molecule has 0 aliphatic rings. The summed E-state index contributed by atoms with van der Waals surface area (Å²) in [5, 5.41) is 4.66. The van der Waals surface area contributed by atoms with E-state index < -0.39 is 0 Å². The van der Waals surface area contributed by atoms with E-state index in [4.69, 9.17) is 9.97 Å². The average molecular weight is 291 g/mol. The van der Waals surface area contributed by atoms with Gasteiger partial charge in [0.05, 0.1) is 5.52 Å². The van der Waals surface area contributed by atoms with Crippen LogP contribution in [0.15, 0.2) is 54.6 Å². The van der Waals surface area contributed by atoms with E-state index in [9.17, 15) is 0 Å². The van der Waals surface area contributed by atoms with Crippen LogP contribution in [0, 0.1) is 0 Å². The van der Waals surface area contributed by atoms with Crippen molar-refractivity contribution in [2.24, 2.45) is 0 Å². The van der Waals surface area contributed by atoms with Crippen molar-refractivity contribution in [1.82, 2.24) is 9.97 Å². The van der Waals surface area contributed by atoms with E-state index in [1.807, 2.05) is 48.5 Å². The van der Waals surface area contributed by atoms with Crippen LogP contribution in [0.1, 0.15) is 26.7 Å². The van der Waals surface area contributed by atoms with Gasteiger partial charge in [-0.1, -0.05) is 56.3 Å². The number of para-hydroxylation sites is 1. The van der Waals surface area contributed by atoms with Crippen LogP contribution in [0.2, 0.25) is 0 Å². The second-order valence-corrected chi connectivity index (χ2v) is 5.44.